The zero-order valence-electron chi connectivity index (χ0n) is 19.1. The molecule has 0 aliphatic heterocycles. The molecule has 1 atom stereocenters. The number of rotatable bonds is 13. The molecule has 1 saturated carbocycles. The highest BCUT2D eigenvalue weighted by molar-refractivity contribution is 5.98. The number of unbranched alkanes of at least 4 members (excludes halogenated alkanes) is 3. The maximum Gasteiger partial charge on any atom is 0.252 e. The van der Waals surface area contributed by atoms with Gasteiger partial charge in [0.05, 0.1) is 13.7 Å². The van der Waals surface area contributed by atoms with Gasteiger partial charge < -0.3 is 20.1 Å². The first-order valence-corrected chi connectivity index (χ1v) is 11.6. The third kappa shape index (κ3) is 7.29. The van der Waals surface area contributed by atoms with E-state index in [9.17, 15) is 9.59 Å². The highest BCUT2D eigenvalue weighted by atomic mass is 16.5. The van der Waals surface area contributed by atoms with Crippen LogP contribution in [0, 0.1) is 0 Å². The summed E-state index contributed by atoms with van der Waals surface area (Å²) in [5, 5.41) is 5.91. The predicted octanol–water partition coefficient (Wildman–Crippen LogP) is 4.27. The molecule has 6 nitrogen and oxygen atoms in total. The molecule has 0 radical (unpaired) electrons. The van der Waals surface area contributed by atoms with E-state index in [0.29, 0.717) is 30.1 Å². The van der Waals surface area contributed by atoms with Crippen LogP contribution in [0.15, 0.2) is 48.5 Å². The molecule has 3 rings (SSSR count). The van der Waals surface area contributed by atoms with E-state index < -0.39 is 6.04 Å². The molecule has 0 spiro atoms. The van der Waals surface area contributed by atoms with Crippen LogP contribution in [0.5, 0.6) is 11.5 Å². The Bertz CT molecular complexity index is 881. The first-order valence-electron chi connectivity index (χ1n) is 11.6. The predicted molar refractivity (Wildman–Crippen MR) is 125 cm³/mol. The molecule has 2 aromatic rings. The topological polar surface area (TPSA) is 76.7 Å². The van der Waals surface area contributed by atoms with Gasteiger partial charge in [-0.15, -0.1) is 0 Å². The van der Waals surface area contributed by atoms with Crippen molar-refractivity contribution in [3.63, 3.8) is 0 Å². The van der Waals surface area contributed by atoms with Gasteiger partial charge in [0.25, 0.3) is 5.91 Å². The van der Waals surface area contributed by atoms with Gasteiger partial charge in [-0.2, -0.15) is 0 Å². The van der Waals surface area contributed by atoms with Gasteiger partial charge >= 0.3 is 0 Å². The normalized spacial score (nSPS) is 13.8. The zero-order chi connectivity index (χ0) is 22.8. The summed E-state index contributed by atoms with van der Waals surface area (Å²) in [6, 6.07) is 14.4. The van der Waals surface area contributed by atoms with E-state index in [1.807, 2.05) is 30.3 Å². The van der Waals surface area contributed by atoms with Crippen LogP contribution in [0.4, 0.5) is 0 Å². The van der Waals surface area contributed by atoms with Crippen LogP contribution < -0.4 is 20.1 Å². The largest absolute Gasteiger partial charge is 0.493 e. The lowest BCUT2D eigenvalue weighted by molar-refractivity contribution is -0.123. The maximum absolute atomic E-state index is 13.0. The number of carbonyl (C=O) groups is 2. The lowest BCUT2D eigenvalue weighted by atomic mass is 10.0. The summed E-state index contributed by atoms with van der Waals surface area (Å²) in [5.74, 6) is 0.663. The molecule has 2 amide bonds. The Morgan fingerprint density at radius 1 is 1.03 bits per heavy atom. The first-order chi connectivity index (χ1) is 15.6. The van der Waals surface area contributed by atoms with Crippen molar-refractivity contribution in [1.82, 2.24) is 10.6 Å². The van der Waals surface area contributed by atoms with Crippen molar-refractivity contribution in [3.05, 3.63) is 59.7 Å². The number of amides is 2. The smallest absolute Gasteiger partial charge is 0.252 e. The summed E-state index contributed by atoms with van der Waals surface area (Å²) in [4.78, 5) is 25.7. The molecular formula is C26H34N2O4. The summed E-state index contributed by atoms with van der Waals surface area (Å²) < 4.78 is 11.3. The summed E-state index contributed by atoms with van der Waals surface area (Å²) in [6.45, 7) is 2.79. The molecule has 0 saturated heterocycles. The van der Waals surface area contributed by atoms with Crippen LogP contribution in [0.2, 0.25) is 0 Å². The van der Waals surface area contributed by atoms with E-state index in [2.05, 4.69) is 17.6 Å². The van der Waals surface area contributed by atoms with E-state index in [-0.39, 0.29) is 17.9 Å². The van der Waals surface area contributed by atoms with Crippen molar-refractivity contribution < 1.29 is 19.1 Å². The fourth-order valence-electron chi connectivity index (χ4n) is 3.47. The average Bonchev–Trinajstić information content (AvgIpc) is 3.63. The highest BCUT2D eigenvalue weighted by Gasteiger charge is 2.29. The molecule has 1 aliphatic rings. The first kappa shape index (κ1) is 23.6. The number of nitrogens with one attached hydrogen (secondary N) is 2. The second kappa shape index (κ2) is 12.1. The van der Waals surface area contributed by atoms with Crippen molar-refractivity contribution in [3.8, 4) is 11.5 Å². The number of carbonyl (C=O) groups excluding carboxylic acids is 2. The van der Waals surface area contributed by atoms with Crippen LogP contribution >= 0.6 is 0 Å². The molecule has 2 aromatic carbocycles. The van der Waals surface area contributed by atoms with E-state index in [1.54, 1.807) is 25.3 Å². The summed E-state index contributed by atoms with van der Waals surface area (Å²) in [7, 11) is 1.56. The van der Waals surface area contributed by atoms with Crippen LogP contribution in [-0.2, 0) is 11.2 Å². The number of benzene rings is 2. The summed E-state index contributed by atoms with van der Waals surface area (Å²) >= 11 is 0. The maximum atomic E-state index is 13.0. The van der Waals surface area contributed by atoms with Crippen molar-refractivity contribution in [2.45, 2.75) is 64.0 Å². The number of hydrogen-bond donors (Lipinski definition) is 2. The van der Waals surface area contributed by atoms with Gasteiger partial charge in [0.2, 0.25) is 5.91 Å². The number of hydrogen-bond acceptors (Lipinski definition) is 4. The van der Waals surface area contributed by atoms with Crippen molar-refractivity contribution in [2.75, 3.05) is 13.7 Å². The minimum atomic E-state index is -0.647. The Labute approximate surface area is 190 Å². The number of ether oxygens (including phenoxy) is 2. The molecule has 0 heterocycles. The molecular weight excluding hydrogens is 404 g/mol. The van der Waals surface area contributed by atoms with Crippen molar-refractivity contribution >= 4 is 11.8 Å². The standard InChI is InChI=1S/C26H34N2O4/c1-3-4-5-9-16-32-23-15-12-20(18-24(23)31-2)25(29)28-22(26(30)27-21-13-14-21)17-19-10-7-6-8-11-19/h6-8,10-12,15,18,21-22H,3-5,9,13-14,16-17H2,1-2H3,(H,27,30)(H,28,29). The molecule has 32 heavy (non-hydrogen) atoms. The lowest BCUT2D eigenvalue weighted by Crippen LogP contribution is -2.48. The molecule has 1 unspecified atom stereocenters. The van der Waals surface area contributed by atoms with Crippen LogP contribution in [0.3, 0.4) is 0 Å². The second-order valence-corrected chi connectivity index (χ2v) is 8.27. The van der Waals surface area contributed by atoms with Gasteiger partial charge in [0, 0.05) is 18.0 Å². The zero-order valence-corrected chi connectivity index (χ0v) is 19.1. The monoisotopic (exact) mass is 438 g/mol. The quantitative estimate of drug-likeness (QED) is 0.458. The van der Waals surface area contributed by atoms with Gasteiger partial charge in [0.15, 0.2) is 11.5 Å². The van der Waals surface area contributed by atoms with Crippen LogP contribution in [0.25, 0.3) is 0 Å². The van der Waals surface area contributed by atoms with Gasteiger partial charge in [-0.25, -0.2) is 0 Å². The van der Waals surface area contributed by atoms with Gasteiger partial charge in [-0.05, 0) is 43.0 Å². The fraction of sp³-hybridized carbons (Fsp3) is 0.462. The molecule has 1 aliphatic carbocycles. The Morgan fingerprint density at radius 3 is 2.50 bits per heavy atom. The van der Waals surface area contributed by atoms with Crippen LogP contribution in [0.1, 0.15) is 61.4 Å². The molecule has 172 valence electrons. The second-order valence-electron chi connectivity index (χ2n) is 8.27. The van der Waals surface area contributed by atoms with Gasteiger partial charge in [0.1, 0.15) is 6.04 Å². The lowest BCUT2D eigenvalue weighted by Gasteiger charge is -2.19. The molecule has 0 bridgehead atoms. The Balaban J connectivity index is 1.65. The molecule has 0 aromatic heterocycles. The average molecular weight is 439 g/mol. The van der Waals surface area contributed by atoms with Gasteiger partial charge in [-0.3, -0.25) is 9.59 Å². The van der Waals surface area contributed by atoms with Crippen LogP contribution in [-0.4, -0.2) is 37.6 Å². The van der Waals surface area contributed by atoms with E-state index in [0.717, 1.165) is 31.2 Å². The minimum Gasteiger partial charge on any atom is -0.493 e. The summed E-state index contributed by atoms with van der Waals surface area (Å²) in [5.41, 5.74) is 1.42. The summed E-state index contributed by atoms with van der Waals surface area (Å²) in [6.07, 6.45) is 6.90. The SMILES string of the molecule is CCCCCCOc1ccc(C(=O)NC(Cc2ccccc2)C(=O)NC2CC2)cc1OC. The Hall–Kier alpha value is -3.02. The third-order valence-corrected chi connectivity index (χ3v) is 5.51. The molecule has 2 N–H and O–H groups in total. The molecule has 1 fully saturated rings. The highest BCUT2D eigenvalue weighted by Crippen LogP contribution is 2.28. The van der Waals surface area contributed by atoms with E-state index in [4.69, 9.17) is 9.47 Å². The van der Waals surface area contributed by atoms with E-state index in [1.165, 1.54) is 12.8 Å². The number of methoxy groups -OCH3 is 1. The molecule has 6 heteroatoms. The Morgan fingerprint density at radius 2 is 1.81 bits per heavy atom. The Kier molecular flexibility index (Phi) is 8.96. The fourth-order valence-corrected chi connectivity index (χ4v) is 3.47. The van der Waals surface area contributed by atoms with Gasteiger partial charge in [-0.1, -0.05) is 56.5 Å². The third-order valence-electron chi connectivity index (χ3n) is 5.51. The van der Waals surface area contributed by atoms with Crippen molar-refractivity contribution in [1.29, 1.82) is 0 Å². The van der Waals surface area contributed by atoms with Crippen molar-refractivity contribution in [2.24, 2.45) is 0 Å². The van der Waals surface area contributed by atoms with E-state index >= 15 is 0 Å². The minimum absolute atomic E-state index is 0.149.